The summed E-state index contributed by atoms with van der Waals surface area (Å²) in [6.07, 6.45) is 9.60. The van der Waals surface area contributed by atoms with Gasteiger partial charge in [0.15, 0.2) is 0 Å². The third-order valence-corrected chi connectivity index (χ3v) is 6.45. The van der Waals surface area contributed by atoms with E-state index in [0.29, 0.717) is 0 Å². The predicted octanol–water partition coefficient (Wildman–Crippen LogP) is 2.31. The van der Waals surface area contributed by atoms with Gasteiger partial charge in [-0.1, -0.05) is 0 Å². The molecule has 0 saturated heterocycles. The van der Waals surface area contributed by atoms with Gasteiger partial charge < -0.3 is 5.32 Å². The van der Waals surface area contributed by atoms with Crippen molar-refractivity contribution in [1.29, 1.82) is 0 Å². The molecule has 0 aliphatic heterocycles. The lowest BCUT2D eigenvalue weighted by Gasteiger charge is -2.57. The number of aromatic amines is 1. The number of hydrogen-bond donors (Lipinski definition) is 2. The molecule has 126 valence electrons. The van der Waals surface area contributed by atoms with Crippen LogP contribution in [0.25, 0.3) is 0 Å². The lowest BCUT2D eigenvalue weighted by Crippen LogP contribution is -2.62. The molecule has 5 rings (SSSR count). The maximum Gasteiger partial charge on any atom is 0.237 e. The van der Waals surface area contributed by atoms with Crippen LogP contribution in [0.5, 0.6) is 0 Å². The van der Waals surface area contributed by atoms with Gasteiger partial charge in [-0.25, -0.2) is 0 Å². The van der Waals surface area contributed by atoms with Crippen molar-refractivity contribution in [3.63, 3.8) is 0 Å². The number of likely N-dealkylation sites (N-methyl/N-ethyl adjacent to an activating group) is 1. The van der Waals surface area contributed by atoms with Crippen molar-refractivity contribution in [1.82, 2.24) is 20.4 Å². The molecule has 1 heterocycles. The van der Waals surface area contributed by atoms with Crippen LogP contribution in [0.2, 0.25) is 0 Å². The molecule has 0 aromatic carbocycles. The van der Waals surface area contributed by atoms with Gasteiger partial charge in [-0.15, -0.1) is 0 Å². The molecular formula is C18H28N4O. The first-order chi connectivity index (χ1) is 11.0. The first kappa shape index (κ1) is 15.2. The molecule has 23 heavy (non-hydrogen) atoms. The summed E-state index contributed by atoms with van der Waals surface area (Å²) in [7, 11) is 2.00. The first-order valence-corrected chi connectivity index (χ1v) is 9.03. The zero-order valence-electron chi connectivity index (χ0n) is 14.2. The number of carbonyl (C=O) groups excluding carboxylic acids is 1. The number of rotatable bonds is 5. The van der Waals surface area contributed by atoms with Gasteiger partial charge in [-0.3, -0.25) is 14.8 Å². The Morgan fingerprint density at radius 1 is 1.35 bits per heavy atom. The van der Waals surface area contributed by atoms with E-state index in [1.165, 1.54) is 38.5 Å². The van der Waals surface area contributed by atoms with Crippen LogP contribution in [-0.2, 0) is 11.3 Å². The molecule has 0 radical (unpaired) electrons. The maximum absolute atomic E-state index is 12.8. The molecule has 1 aromatic rings. The fraction of sp³-hybridized carbons (Fsp3) is 0.778. The summed E-state index contributed by atoms with van der Waals surface area (Å²) in [4.78, 5) is 14.9. The van der Waals surface area contributed by atoms with Gasteiger partial charge in [0.2, 0.25) is 5.91 Å². The van der Waals surface area contributed by atoms with Crippen LogP contribution in [-0.4, -0.2) is 39.6 Å². The smallest absolute Gasteiger partial charge is 0.237 e. The number of amides is 1. The van der Waals surface area contributed by atoms with E-state index in [-0.39, 0.29) is 17.5 Å². The van der Waals surface area contributed by atoms with Gasteiger partial charge in [0.1, 0.15) is 0 Å². The van der Waals surface area contributed by atoms with Gasteiger partial charge >= 0.3 is 0 Å². The summed E-state index contributed by atoms with van der Waals surface area (Å²) in [6.45, 7) is 2.72. The fourth-order valence-electron chi connectivity index (χ4n) is 5.61. The highest BCUT2D eigenvalue weighted by atomic mass is 16.2. The normalized spacial score (nSPS) is 36.4. The minimum atomic E-state index is -0.119. The van der Waals surface area contributed by atoms with Gasteiger partial charge in [0.25, 0.3) is 0 Å². The van der Waals surface area contributed by atoms with Gasteiger partial charge in [-0.05, 0) is 76.3 Å². The van der Waals surface area contributed by atoms with Crippen LogP contribution in [0, 0.1) is 17.8 Å². The van der Waals surface area contributed by atoms with Crippen LogP contribution >= 0.6 is 0 Å². The number of H-pyrrole nitrogens is 1. The Labute approximate surface area is 138 Å². The molecule has 4 aliphatic rings. The number of carbonyl (C=O) groups is 1. The molecule has 5 heteroatoms. The van der Waals surface area contributed by atoms with E-state index < -0.39 is 0 Å². The zero-order valence-corrected chi connectivity index (χ0v) is 14.2. The van der Waals surface area contributed by atoms with E-state index in [1.54, 1.807) is 6.20 Å². The quantitative estimate of drug-likeness (QED) is 0.876. The Hall–Kier alpha value is -1.36. The van der Waals surface area contributed by atoms with Crippen molar-refractivity contribution in [3.8, 4) is 0 Å². The average molecular weight is 316 g/mol. The van der Waals surface area contributed by atoms with Gasteiger partial charge in [0.05, 0.1) is 6.04 Å². The minimum absolute atomic E-state index is 0.106. The largest absolute Gasteiger partial charge is 0.349 e. The summed E-state index contributed by atoms with van der Waals surface area (Å²) in [5, 5.41) is 10.4. The summed E-state index contributed by atoms with van der Waals surface area (Å²) >= 11 is 0. The topological polar surface area (TPSA) is 61.0 Å². The molecule has 2 N–H and O–H groups in total. The molecule has 0 spiro atoms. The lowest BCUT2D eigenvalue weighted by molar-refractivity contribution is -0.131. The fourth-order valence-corrected chi connectivity index (χ4v) is 5.61. The molecule has 1 atom stereocenters. The zero-order chi connectivity index (χ0) is 16.0. The maximum atomic E-state index is 12.8. The molecule has 5 nitrogen and oxygen atoms in total. The predicted molar refractivity (Wildman–Crippen MR) is 88.6 cm³/mol. The highest BCUT2D eigenvalue weighted by Gasteiger charge is 2.51. The second-order valence-electron chi connectivity index (χ2n) is 8.36. The highest BCUT2D eigenvalue weighted by Crippen LogP contribution is 2.55. The molecule has 1 aromatic heterocycles. The number of nitrogens with zero attached hydrogens (tertiary/aromatic N) is 2. The van der Waals surface area contributed by atoms with Crippen molar-refractivity contribution in [2.75, 3.05) is 7.05 Å². The molecular weight excluding hydrogens is 288 g/mol. The Bertz CT molecular complexity index is 532. The minimum Gasteiger partial charge on any atom is -0.349 e. The molecule has 4 fully saturated rings. The Kier molecular flexibility index (Phi) is 3.71. The molecule has 1 unspecified atom stereocenters. The summed E-state index contributed by atoms with van der Waals surface area (Å²) in [5.74, 6) is 2.77. The standard InChI is InChI=1S/C18H28N4O/c1-12(22(2)11-16-3-4-19-21-16)17(23)20-18-8-13-5-14(9-18)7-15(6-13)10-18/h3-4,12-15H,5-11H2,1-2H3,(H,19,21)(H,20,23). The lowest BCUT2D eigenvalue weighted by atomic mass is 9.53. The Morgan fingerprint density at radius 3 is 2.48 bits per heavy atom. The van der Waals surface area contributed by atoms with Crippen molar-refractivity contribution < 1.29 is 4.79 Å². The van der Waals surface area contributed by atoms with Crippen LogP contribution in [0.15, 0.2) is 12.3 Å². The first-order valence-electron chi connectivity index (χ1n) is 9.03. The van der Waals surface area contributed by atoms with E-state index >= 15 is 0 Å². The molecule has 4 saturated carbocycles. The van der Waals surface area contributed by atoms with E-state index in [9.17, 15) is 4.79 Å². The van der Waals surface area contributed by atoms with Crippen molar-refractivity contribution >= 4 is 5.91 Å². The van der Waals surface area contributed by atoms with Gasteiger partial charge in [-0.2, -0.15) is 5.10 Å². The van der Waals surface area contributed by atoms with E-state index in [0.717, 1.165) is 30.0 Å². The van der Waals surface area contributed by atoms with Gasteiger partial charge in [0, 0.05) is 24.0 Å². The second-order valence-corrected chi connectivity index (χ2v) is 8.36. The Balaban J connectivity index is 1.39. The average Bonchev–Trinajstić information content (AvgIpc) is 2.97. The van der Waals surface area contributed by atoms with E-state index in [4.69, 9.17) is 0 Å². The van der Waals surface area contributed by atoms with E-state index in [1.807, 2.05) is 20.0 Å². The van der Waals surface area contributed by atoms with E-state index in [2.05, 4.69) is 20.4 Å². The molecule has 1 amide bonds. The highest BCUT2D eigenvalue weighted by molar-refractivity contribution is 5.82. The van der Waals surface area contributed by atoms with Crippen molar-refractivity contribution in [3.05, 3.63) is 18.0 Å². The Morgan fingerprint density at radius 2 is 1.96 bits per heavy atom. The number of aromatic nitrogens is 2. The summed E-state index contributed by atoms with van der Waals surface area (Å²) in [6, 6.07) is 1.84. The molecule has 4 bridgehead atoms. The van der Waals surface area contributed by atoms with Crippen molar-refractivity contribution in [2.24, 2.45) is 17.8 Å². The monoisotopic (exact) mass is 316 g/mol. The molecule has 4 aliphatic carbocycles. The summed E-state index contributed by atoms with van der Waals surface area (Å²) < 4.78 is 0. The third kappa shape index (κ3) is 2.91. The number of nitrogens with one attached hydrogen (secondary N) is 2. The third-order valence-electron chi connectivity index (χ3n) is 6.45. The van der Waals surface area contributed by atoms with Crippen LogP contribution in [0.4, 0.5) is 0 Å². The van der Waals surface area contributed by atoms with Crippen LogP contribution in [0.3, 0.4) is 0 Å². The number of hydrogen-bond acceptors (Lipinski definition) is 3. The van der Waals surface area contributed by atoms with Crippen LogP contribution < -0.4 is 5.32 Å². The van der Waals surface area contributed by atoms with Crippen molar-refractivity contribution in [2.45, 2.75) is 63.6 Å². The second kappa shape index (κ2) is 5.62. The van der Waals surface area contributed by atoms with Crippen LogP contribution in [0.1, 0.15) is 51.1 Å². The summed E-state index contributed by atoms with van der Waals surface area (Å²) in [5.41, 5.74) is 1.15. The SMILES string of the molecule is CC(C(=O)NC12CC3CC(CC(C3)C1)C2)N(C)Cc1ccn[nH]1.